The molecule has 4 rings (SSSR count). The Kier molecular flexibility index (Phi) is 5.07. The van der Waals surface area contributed by atoms with Crippen LogP contribution >= 0.6 is 0 Å². The number of sulfonamides is 1. The maximum Gasteiger partial charge on any atom is 0.387 e. The van der Waals surface area contributed by atoms with Crippen LogP contribution in [-0.4, -0.2) is 21.3 Å². The second-order valence-corrected chi connectivity index (χ2v) is 8.49. The highest BCUT2D eigenvalue weighted by Crippen LogP contribution is 2.49. The summed E-state index contributed by atoms with van der Waals surface area (Å²) in [5, 5.41) is 0. The molecule has 1 unspecified atom stereocenters. The standard InChI is InChI=1S/C21H16F3NO4S/c1-30(26,27)25-14-8-9-15-16(11-14)20(12-4-2-5-13(22)10-12)28-17-6-3-7-18(19(15)17)29-21(23)24/h2-11,20-21,25H,1H3. The number of hydrogen-bond acceptors (Lipinski definition) is 4. The smallest absolute Gasteiger partial charge is 0.387 e. The van der Waals surface area contributed by atoms with Crippen molar-refractivity contribution >= 4 is 15.7 Å². The lowest BCUT2D eigenvalue weighted by Gasteiger charge is -2.30. The monoisotopic (exact) mass is 435 g/mol. The second-order valence-electron chi connectivity index (χ2n) is 6.74. The van der Waals surface area contributed by atoms with Gasteiger partial charge in [-0.15, -0.1) is 0 Å². The Morgan fingerprint density at radius 3 is 2.53 bits per heavy atom. The predicted octanol–water partition coefficient (Wildman–Crippen LogP) is 4.95. The molecule has 0 aliphatic carbocycles. The van der Waals surface area contributed by atoms with Crippen molar-refractivity contribution < 1.29 is 31.1 Å². The van der Waals surface area contributed by atoms with Crippen LogP contribution in [0.25, 0.3) is 11.1 Å². The van der Waals surface area contributed by atoms with Crippen molar-refractivity contribution in [3.05, 3.63) is 77.6 Å². The van der Waals surface area contributed by atoms with E-state index >= 15 is 0 Å². The molecule has 1 atom stereocenters. The average molecular weight is 435 g/mol. The quantitative estimate of drug-likeness (QED) is 0.616. The van der Waals surface area contributed by atoms with Crippen molar-refractivity contribution in [1.82, 2.24) is 0 Å². The maximum atomic E-state index is 13.9. The molecule has 0 bridgehead atoms. The van der Waals surface area contributed by atoms with Gasteiger partial charge in [-0.25, -0.2) is 12.8 Å². The van der Waals surface area contributed by atoms with Gasteiger partial charge in [0.1, 0.15) is 23.4 Å². The summed E-state index contributed by atoms with van der Waals surface area (Å²) in [7, 11) is -3.55. The molecule has 156 valence electrons. The molecule has 0 spiro atoms. The number of hydrogen-bond donors (Lipinski definition) is 1. The largest absolute Gasteiger partial charge is 0.480 e. The topological polar surface area (TPSA) is 64.6 Å². The molecule has 0 amide bonds. The molecule has 1 heterocycles. The van der Waals surface area contributed by atoms with Gasteiger partial charge < -0.3 is 9.47 Å². The number of anilines is 1. The first-order valence-electron chi connectivity index (χ1n) is 8.83. The predicted molar refractivity (Wildman–Crippen MR) is 106 cm³/mol. The Labute approximate surface area is 171 Å². The molecule has 5 nitrogen and oxygen atoms in total. The normalized spacial score (nSPS) is 15.2. The van der Waals surface area contributed by atoms with Crippen LogP contribution in [0.4, 0.5) is 18.9 Å². The number of halogens is 3. The van der Waals surface area contributed by atoms with Crippen LogP contribution in [0.15, 0.2) is 60.7 Å². The fraction of sp³-hybridized carbons (Fsp3) is 0.143. The molecule has 1 aliphatic rings. The van der Waals surface area contributed by atoms with E-state index in [1.165, 1.54) is 42.5 Å². The van der Waals surface area contributed by atoms with Crippen molar-refractivity contribution in [2.24, 2.45) is 0 Å². The highest BCUT2D eigenvalue weighted by atomic mass is 32.2. The Bertz CT molecular complexity index is 1210. The van der Waals surface area contributed by atoms with Gasteiger partial charge in [0.2, 0.25) is 10.0 Å². The summed E-state index contributed by atoms with van der Waals surface area (Å²) in [6.07, 6.45) is 0.225. The highest BCUT2D eigenvalue weighted by molar-refractivity contribution is 7.92. The summed E-state index contributed by atoms with van der Waals surface area (Å²) in [5.74, 6) is -0.257. The van der Waals surface area contributed by atoms with Gasteiger partial charge in [0.15, 0.2) is 0 Å². The molecule has 0 saturated carbocycles. The summed E-state index contributed by atoms with van der Waals surface area (Å²) in [5.41, 5.74) is 2.05. The van der Waals surface area contributed by atoms with Crippen LogP contribution in [0, 0.1) is 5.82 Å². The van der Waals surface area contributed by atoms with Crippen LogP contribution in [0.5, 0.6) is 11.5 Å². The minimum Gasteiger partial charge on any atom is -0.480 e. The first kappa shape index (κ1) is 20.1. The molecule has 0 aromatic heterocycles. The number of benzene rings is 3. The fourth-order valence-electron chi connectivity index (χ4n) is 3.46. The summed E-state index contributed by atoms with van der Waals surface area (Å²) in [6, 6.07) is 14.9. The first-order chi connectivity index (χ1) is 14.2. The van der Waals surface area contributed by atoms with Gasteiger partial charge in [-0.2, -0.15) is 8.78 Å². The lowest BCUT2D eigenvalue weighted by molar-refractivity contribution is -0.0496. The van der Waals surface area contributed by atoms with Crippen molar-refractivity contribution in [3.8, 4) is 22.6 Å². The third-order valence-corrected chi connectivity index (χ3v) is 5.11. The third kappa shape index (κ3) is 4.06. The number of fused-ring (bicyclic) bond motifs is 3. The van der Waals surface area contributed by atoms with E-state index in [0.717, 1.165) is 6.26 Å². The molecular formula is C21H16F3NO4S. The maximum absolute atomic E-state index is 13.9. The molecular weight excluding hydrogens is 419 g/mol. The van der Waals surface area contributed by atoms with E-state index in [2.05, 4.69) is 9.46 Å². The molecule has 9 heteroatoms. The molecule has 3 aromatic carbocycles. The molecule has 0 fully saturated rings. The molecule has 3 aromatic rings. The summed E-state index contributed by atoms with van der Waals surface area (Å²) in [6.45, 7) is -3.04. The molecule has 30 heavy (non-hydrogen) atoms. The lowest BCUT2D eigenvalue weighted by atomic mass is 9.89. The van der Waals surface area contributed by atoms with Gasteiger partial charge >= 0.3 is 6.61 Å². The van der Waals surface area contributed by atoms with E-state index in [0.29, 0.717) is 28.0 Å². The van der Waals surface area contributed by atoms with E-state index in [1.807, 2.05) is 0 Å². The van der Waals surface area contributed by atoms with Crippen LogP contribution < -0.4 is 14.2 Å². The van der Waals surface area contributed by atoms with Crippen molar-refractivity contribution in [2.75, 3.05) is 11.0 Å². The summed E-state index contributed by atoms with van der Waals surface area (Å²) in [4.78, 5) is 0. The number of alkyl halides is 2. The summed E-state index contributed by atoms with van der Waals surface area (Å²) < 4.78 is 76.1. The molecule has 1 aliphatic heterocycles. The van der Waals surface area contributed by atoms with E-state index < -0.39 is 28.6 Å². The van der Waals surface area contributed by atoms with Crippen LogP contribution in [0.3, 0.4) is 0 Å². The summed E-state index contributed by atoms with van der Waals surface area (Å²) >= 11 is 0. The number of rotatable bonds is 5. The molecule has 0 radical (unpaired) electrons. The number of ether oxygens (including phenoxy) is 2. The zero-order valence-corrected chi connectivity index (χ0v) is 16.4. The zero-order valence-electron chi connectivity index (χ0n) is 15.6. The first-order valence-corrected chi connectivity index (χ1v) is 10.7. The fourth-order valence-corrected chi connectivity index (χ4v) is 4.02. The Morgan fingerprint density at radius 1 is 1.07 bits per heavy atom. The Hall–Kier alpha value is -3.20. The highest BCUT2D eigenvalue weighted by Gasteiger charge is 2.31. The Balaban J connectivity index is 1.92. The molecule has 0 saturated heterocycles. The second kappa shape index (κ2) is 7.56. The van der Waals surface area contributed by atoms with Crippen molar-refractivity contribution in [2.45, 2.75) is 12.7 Å². The van der Waals surface area contributed by atoms with Gasteiger partial charge in [-0.1, -0.05) is 24.3 Å². The lowest BCUT2D eigenvalue weighted by Crippen LogP contribution is -2.18. The third-order valence-electron chi connectivity index (χ3n) is 4.51. The van der Waals surface area contributed by atoms with Gasteiger partial charge in [-0.3, -0.25) is 4.72 Å². The van der Waals surface area contributed by atoms with Crippen molar-refractivity contribution in [3.63, 3.8) is 0 Å². The van der Waals surface area contributed by atoms with Crippen LogP contribution in [-0.2, 0) is 10.0 Å². The van der Waals surface area contributed by atoms with E-state index in [9.17, 15) is 21.6 Å². The van der Waals surface area contributed by atoms with E-state index in [1.54, 1.807) is 18.2 Å². The molecule has 1 N–H and O–H groups in total. The van der Waals surface area contributed by atoms with E-state index in [-0.39, 0.29) is 11.4 Å². The Morgan fingerprint density at radius 2 is 1.83 bits per heavy atom. The SMILES string of the molecule is CS(=O)(=O)Nc1ccc2c(c1)C(c1cccc(F)c1)Oc1cccc(OC(F)F)c1-2. The van der Waals surface area contributed by atoms with Gasteiger partial charge in [0, 0.05) is 11.3 Å². The van der Waals surface area contributed by atoms with Crippen LogP contribution in [0.1, 0.15) is 17.2 Å². The average Bonchev–Trinajstić information content (AvgIpc) is 2.65. The van der Waals surface area contributed by atoms with Crippen LogP contribution in [0.2, 0.25) is 0 Å². The van der Waals surface area contributed by atoms with Gasteiger partial charge in [0.05, 0.1) is 11.8 Å². The van der Waals surface area contributed by atoms with E-state index in [4.69, 9.17) is 4.74 Å². The number of nitrogens with one attached hydrogen (secondary N) is 1. The minimum atomic E-state index is -3.55. The zero-order chi connectivity index (χ0) is 21.5. The van der Waals surface area contributed by atoms with Crippen molar-refractivity contribution in [1.29, 1.82) is 0 Å². The minimum absolute atomic E-state index is 0.0785. The van der Waals surface area contributed by atoms with Gasteiger partial charge in [-0.05, 0) is 47.5 Å². The van der Waals surface area contributed by atoms with Gasteiger partial charge in [0.25, 0.3) is 0 Å².